The van der Waals surface area contributed by atoms with Crippen LogP contribution in [0.3, 0.4) is 0 Å². The molecule has 0 spiro atoms. The standard InChI is InChI=1S/C10H9F3N3OS/c1-6(17)15-16-9(18)14-8-5-3-2-4-7(8)10(11,12)13/h2-5H,1H2,(H,15,17)(H2,14,16,18). The lowest BCUT2D eigenvalue weighted by Gasteiger charge is -2.15. The molecule has 1 radical (unpaired) electrons. The Morgan fingerprint density at radius 2 is 1.83 bits per heavy atom. The molecule has 4 nitrogen and oxygen atoms in total. The second-order valence-electron chi connectivity index (χ2n) is 3.17. The van der Waals surface area contributed by atoms with E-state index in [1.54, 1.807) is 0 Å². The van der Waals surface area contributed by atoms with Gasteiger partial charge in [0.25, 0.3) is 0 Å². The molecule has 0 fully saturated rings. The molecule has 0 heterocycles. The normalized spacial score (nSPS) is 10.7. The second kappa shape index (κ2) is 5.67. The first-order valence-electron chi connectivity index (χ1n) is 4.66. The summed E-state index contributed by atoms with van der Waals surface area (Å²) >= 11 is 4.70. The Balaban J connectivity index is 2.79. The van der Waals surface area contributed by atoms with Gasteiger partial charge in [-0.25, -0.2) is 0 Å². The van der Waals surface area contributed by atoms with Gasteiger partial charge >= 0.3 is 6.18 Å². The van der Waals surface area contributed by atoms with Crippen LogP contribution in [0.1, 0.15) is 5.56 Å². The molecule has 0 aliphatic carbocycles. The molecule has 0 aliphatic rings. The Labute approximate surface area is 107 Å². The summed E-state index contributed by atoms with van der Waals surface area (Å²) in [4.78, 5) is 10.5. The molecule has 0 aromatic heterocycles. The van der Waals surface area contributed by atoms with E-state index in [1.807, 2.05) is 5.43 Å². The van der Waals surface area contributed by atoms with Crippen molar-refractivity contribution in [2.45, 2.75) is 6.18 Å². The number of hydrazine groups is 1. The Kier molecular flexibility index (Phi) is 4.49. The number of rotatable bonds is 1. The number of thiocarbonyl (C=S) groups is 1. The van der Waals surface area contributed by atoms with E-state index in [9.17, 15) is 18.0 Å². The Bertz CT molecular complexity index is 462. The highest BCUT2D eigenvalue weighted by atomic mass is 32.1. The number of benzene rings is 1. The summed E-state index contributed by atoms with van der Waals surface area (Å²) in [7, 11) is 0. The molecule has 0 atom stereocenters. The van der Waals surface area contributed by atoms with Crippen molar-refractivity contribution in [3.05, 3.63) is 36.8 Å². The topological polar surface area (TPSA) is 53.2 Å². The molecule has 97 valence electrons. The third kappa shape index (κ3) is 4.21. The molecule has 0 unspecified atom stereocenters. The molecular formula is C10H9F3N3OS. The fraction of sp³-hybridized carbons (Fsp3) is 0.100. The van der Waals surface area contributed by atoms with Crippen molar-refractivity contribution >= 4 is 28.9 Å². The van der Waals surface area contributed by atoms with Gasteiger partial charge < -0.3 is 5.32 Å². The van der Waals surface area contributed by atoms with Crippen LogP contribution in [0.15, 0.2) is 24.3 Å². The van der Waals surface area contributed by atoms with E-state index < -0.39 is 17.6 Å². The van der Waals surface area contributed by atoms with Crippen molar-refractivity contribution in [3.63, 3.8) is 0 Å². The minimum absolute atomic E-state index is 0.177. The molecule has 1 aromatic rings. The number of amides is 1. The van der Waals surface area contributed by atoms with Gasteiger partial charge in [0.2, 0.25) is 5.91 Å². The van der Waals surface area contributed by atoms with Crippen LogP contribution >= 0.6 is 12.2 Å². The van der Waals surface area contributed by atoms with Crippen LogP contribution in [-0.2, 0) is 11.0 Å². The van der Waals surface area contributed by atoms with E-state index in [1.165, 1.54) is 18.2 Å². The van der Waals surface area contributed by atoms with Crippen molar-refractivity contribution in [2.24, 2.45) is 0 Å². The summed E-state index contributed by atoms with van der Waals surface area (Å²) in [6.07, 6.45) is -4.49. The molecule has 0 saturated heterocycles. The lowest BCUT2D eigenvalue weighted by Crippen LogP contribution is -2.43. The minimum atomic E-state index is -4.49. The van der Waals surface area contributed by atoms with E-state index in [4.69, 9.17) is 12.2 Å². The third-order valence-corrected chi connectivity index (χ3v) is 2.00. The fourth-order valence-corrected chi connectivity index (χ4v) is 1.28. The van der Waals surface area contributed by atoms with Crippen LogP contribution in [0.2, 0.25) is 0 Å². The van der Waals surface area contributed by atoms with Gasteiger partial charge in [-0.15, -0.1) is 0 Å². The van der Waals surface area contributed by atoms with Crippen LogP contribution < -0.4 is 16.2 Å². The maximum Gasteiger partial charge on any atom is 0.418 e. The average Bonchev–Trinajstić information content (AvgIpc) is 2.25. The Hall–Kier alpha value is -1.83. The summed E-state index contributed by atoms with van der Waals surface area (Å²) in [5.41, 5.74) is 3.18. The predicted molar refractivity (Wildman–Crippen MR) is 64.3 cm³/mol. The van der Waals surface area contributed by atoms with Crippen molar-refractivity contribution < 1.29 is 18.0 Å². The zero-order valence-corrected chi connectivity index (χ0v) is 9.78. The van der Waals surface area contributed by atoms with Crippen molar-refractivity contribution in [1.82, 2.24) is 10.9 Å². The smallest absolute Gasteiger partial charge is 0.331 e. The summed E-state index contributed by atoms with van der Waals surface area (Å²) in [6.45, 7) is 2.99. The van der Waals surface area contributed by atoms with Crippen molar-refractivity contribution in [2.75, 3.05) is 5.32 Å². The molecule has 18 heavy (non-hydrogen) atoms. The van der Waals surface area contributed by atoms with Gasteiger partial charge in [-0.2, -0.15) is 13.2 Å². The number of anilines is 1. The van der Waals surface area contributed by atoms with E-state index in [-0.39, 0.29) is 10.8 Å². The summed E-state index contributed by atoms with van der Waals surface area (Å²) in [5, 5.41) is 2.15. The molecule has 8 heteroatoms. The number of carbonyl (C=O) groups is 1. The molecule has 1 rings (SSSR count). The van der Waals surface area contributed by atoms with Gasteiger partial charge in [-0.1, -0.05) is 12.1 Å². The van der Waals surface area contributed by atoms with E-state index in [0.717, 1.165) is 6.07 Å². The number of carbonyl (C=O) groups excluding carboxylic acids is 1. The van der Waals surface area contributed by atoms with Gasteiger partial charge in [0.1, 0.15) is 0 Å². The zero-order chi connectivity index (χ0) is 13.8. The molecule has 0 bridgehead atoms. The van der Waals surface area contributed by atoms with E-state index >= 15 is 0 Å². The maximum atomic E-state index is 12.6. The largest absolute Gasteiger partial charge is 0.418 e. The van der Waals surface area contributed by atoms with Gasteiger partial charge in [0, 0.05) is 6.92 Å². The first-order valence-corrected chi connectivity index (χ1v) is 5.06. The van der Waals surface area contributed by atoms with E-state index in [2.05, 4.69) is 17.7 Å². The highest BCUT2D eigenvalue weighted by Gasteiger charge is 2.33. The number of alkyl halides is 3. The maximum absolute atomic E-state index is 12.6. The zero-order valence-electron chi connectivity index (χ0n) is 8.97. The summed E-state index contributed by atoms with van der Waals surface area (Å²) in [5.74, 6) is -0.664. The first kappa shape index (κ1) is 14.2. The quantitative estimate of drug-likeness (QED) is 0.541. The van der Waals surface area contributed by atoms with Crippen LogP contribution in [0.25, 0.3) is 0 Å². The number of para-hydroxylation sites is 1. The second-order valence-corrected chi connectivity index (χ2v) is 3.58. The number of nitrogens with one attached hydrogen (secondary N) is 3. The average molecular weight is 276 g/mol. The van der Waals surface area contributed by atoms with Gasteiger partial charge in [0.05, 0.1) is 11.3 Å². The minimum Gasteiger partial charge on any atom is -0.331 e. The van der Waals surface area contributed by atoms with Crippen LogP contribution in [-0.4, -0.2) is 11.0 Å². The highest BCUT2D eigenvalue weighted by Crippen LogP contribution is 2.34. The monoisotopic (exact) mass is 276 g/mol. The van der Waals surface area contributed by atoms with Gasteiger partial charge in [-0.05, 0) is 24.4 Å². The summed E-state index contributed by atoms with van der Waals surface area (Å²) < 4.78 is 37.9. The lowest BCUT2D eigenvalue weighted by atomic mass is 10.2. The lowest BCUT2D eigenvalue weighted by molar-refractivity contribution is -0.136. The molecule has 0 saturated carbocycles. The Morgan fingerprint density at radius 1 is 1.22 bits per heavy atom. The molecule has 3 N–H and O–H groups in total. The van der Waals surface area contributed by atoms with E-state index in [0.29, 0.717) is 0 Å². The molecular weight excluding hydrogens is 267 g/mol. The number of halogens is 3. The first-order chi connectivity index (χ1) is 8.30. The van der Waals surface area contributed by atoms with Crippen LogP contribution in [0.5, 0.6) is 0 Å². The fourth-order valence-electron chi connectivity index (χ4n) is 1.12. The SMILES string of the molecule is [CH2]C(=O)NNC(=S)Nc1ccccc1C(F)(F)F. The van der Waals surface area contributed by atoms with Crippen molar-refractivity contribution in [3.8, 4) is 0 Å². The Morgan fingerprint density at radius 3 is 2.39 bits per heavy atom. The molecule has 1 amide bonds. The molecule has 1 aromatic carbocycles. The number of hydrogen-bond donors (Lipinski definition) is 3. The predicted octanol–water partition coefficient (Wildman–Crippen LogP) is 1.86. The summed E-state index contributed by atoms with van der Waals surface area (Å²) in [6, 6.07) is 4.84. The third-order valence-electron chi connectivity index (χ3n) is 1.80. The van der Waals surface area contributed by atoms with Gasteiger partial charge in [-0.3, -0.25) is 15.6 Å². The van der Waals surface area contributed by atoms with Crippen LogP contribution in [0.4, 0.5) is 18.9 Å². The van der Waals surface area contributed by atoms with Crippen molar-refractivity contribution in [1.29, 1.82) is 0 Å². The number of hydrogen-bond acceptors (Lipinski definition) is 2. The van der Waals surface area contributed by atoms with Gasteiger partial charge in [0.15, 0.2) is 5.11 Å². The molecule has 0 aliphatic heterocycles. The highest BCUT2D eigenvalue weighted by molar-refractivity contribution is 7.80. The van der Waals surface area contributed by atoms with Crippen LogP contribution in [0, 0.1) is 6.92 Å².